The molecule has 0 saturated heterocycles. The van der Waals surface area contributed by atoms with Crippen molar-refractivity contribution >= 4 is 22.7 Å². The van der Waals surface area contributed by atoms with Crippen molar-refractivity contribution in [3.63, 3.8) is 0 Å². The highest BCUT2D eigenvalue weighted by Crippen LogP contribution is 2.33. The van der Waals surface area contributed by atoms with E-state index < -0.39 is 42.8 Å². The number of methoxy groups -OCH3 is 1. The highest BCUT2D eigenvalue weighted by Gasteiger charge is 2.31. The van der Waals surface area contributed by atoms with Crippen molar-refractivity contribution in [2.24, 2.45) is 0 Å². The Balaban J connectivity index is 2.02. The van der Waals surface area contributed by atoms with E-state index in [0.717, 1.165) is 24.3 Å². The summed E-state index contributed by atoms with van der Waals surface area (Å²) in [6.45, 7) is 0.351. The first-order valence-electron chi connectivity index (χ1n) is 9.90. The molecule has 33 heavy (non-hydrogen) atoms. The third-order valence-corrected chi connectivity index (χ3v) is 5.17. The molecular weight excluding hydrogens is 443 g/mol. The van der Waals surface area contributed by atoms with Gasteiger partial charge in [0.15, 0.2) is 5.78 Å². The van der Waals surface area contributed by atoms with Crippen molar-refractivity contribution in [3.05, 3.63) is 64.8 Å². The number of rotatable bonds is 8. The summed E-state index contributed by atoms with van der Waals surface area (Å²) in [4.78, 5) is 25.6. The summed E-state index contributed by atoms with van der Waals surface area (Å²) in [6, 6.07) is 8.80. The summed E-state index contributed by atoms with van der Waals surface area (Å²) in [7, 11) is 1.46. The Morgan fingerprint density at radius 3 is 2.36 bits per heavy atom. The van der Waals surface area contributed by atoms with E-state index in [4.69, 9.17) is 14.6 Å². The minimum atomic E-state index is -4.52. The molecule has 1 atom stereocenters. The number of aliphatic hydroxyl groups excluding tert-OH is 2. The number of fused-ring (bicyclic) bond motifs is 1. The molecule has 1 unspecified atom stereocenters. The lowest BCUT2D eigenvalue weighted by Gasteiger charge is -2.11. The first-order valence-corrected chi connectivity index (χ1v) is 9.90. The summed E-state index contributed by atoms with van der Waals surface area (Å²) in [5.74, 6) is -0.739. The van der Waals surface area contributed by atoms with Crippen LogP contribution in [0.25, 0.3) is 10.9 Å². The molecule has 0 bridgehead atoms. The Labute approximate surface area is 187 Å². The lowest BCUT2D eigenvalue weighted by Crippen LogP contribution is -2.24. The van der Waals surface area contributed by atoms with Crippen molar-refractivity contribution < 1.29 is 42.4 Å². The first kappa shape index (κ1) is 24.3. The van der Waals surface area contributed by atoms with Gasteiger partial charge in [-0.3, -0.25) is 9.59 Å². The molecule has 3 aromatic rings. The Bertz CT molecular complexity index is 1170. The number of ether oxygens (including phenoxy) is 2. The third-order valence-electron chi connectivity index (χ3n) is 5.17. The van der Waals surface area contributed by atoms with Gasteiger partial charge in [0.2, 0.25) is 0 Å². The number of ketones is 1. The Kier molecular flexibility index (Phi) is 7.09. The third kappa shape index (κ3) is 5.18. The van der Waals surface area contributed by atoms with Gasteiger partial charge < -0.3 is 24.3 Å². The van der Waals surface area contributed by atoms with Crippen molar-refractivity contribution in [2.75, 3.05) is 20.3 Å². The van der Waals surface area contributed by atoms with Gasteiger partial charge in [-0.15, -0.1) is 0 Å². The number of aromatic nitrogens is 1. The summed E-state index contributed by atoms with van der Waals surface area (Å²) >= 11 is 0. The summed E-state index contributed by atoms with van der Waals surface area (Å²) < 4.78 is 50.4. The van der Waals surface area contributed by atoms with Crippen LogP contribution in [-0.4, -0.2) is 53.0 Å². The van der Waals surface area contributed by atoms with E-state index in [-0.39, 0.29) is 17.7 Å². The fourth-order valence-corrected chi connectivity index (χ4v) is 3.45. The minimum Gasteiger partial charge on any atom is -0.497 e. The number of benzene rings is 2. The van der Waals surface area contributed by atoms with Crippen LogP contribution in [0.1, 0.15) is 27.2 Å². The molecule has 0 aliphatic heterocycles. The number of carbonyl (C=O) groups excluding carboxylic acids is 2. The molecule has 0 amide bonds. The molecule has 1 aromatic heterocycles. The first-order chi connectivity index (χ1) is 15.6. The van der Waals surface area contributed by atoms with Crippen LogP contribution in [0.5, 0.6) is 5.75 Å². The maximum atomic E-state index is 13.2. The quantitative estimate of drug-likeness (QED) is 0.392. The van der Waals surface area contributed by atoms with Crippen LogP contribution in [-0.2, 0) is 22.3 Å². The number of halogens is 3. The van der Waals surface area contributed by atoms with Crippen LogP contribution in [0.3, 0.4) is 0 Å². The number of hydrogen-bond acceptors (Lipinski definition) is 6. The van der Waals surface area contributed by atoms with Gasteiger partial charge in [0.05, 0.1) is 30.4 Å². The SMILES string of the molecule is COc1ccc2c(C(=O)c3ccc(C(F)(F)F)cc3)c(C)n(CC(=O)OCC(O)CO)c2c1. The van der Waals surface area contributed by atoms with Gasteiger partial charge in [0, 0.05) is 22.7 Å². The molecule has 0 radical (unpaired) electrons. The Morgan fingerprint density at radius 1 is 1.12 bits per heavy atom. The van der Waals surface area contributed by atoms with Gasteiger partial charge in [-0.25, -0.2) is 0 Å². The summed E-state index contributed by atoms with van der Waals surface area (Å²) in [6.07, 6.45) is -5.73. The standard InChI is InChI=1S/C23H22F3NO6/c1-13-21(22(31)14-3-5-15(6-4-14)23(24,25)26)18-8-7-17(32-2)9-19(18)27(13)10-20(30)33-12-16(29)11-28/h3-9,16,28-29H,10-12H2,1-2H3. The Hall–Kier alpha value is -3.37. The fraction of sp³-hybridized carbons (Fsp3) is 0.304. The monoisotopic (exact) mass is 465 g/mol. The molecule has 0 spiro atoms. The van der Waals surface area contributed by atoms with Gasteiger partial charge in [0.25, 0.3) is 0 Å². The average molecular weight is 465 g/mol. The molecule has 7 nitrogen and oxygen atoms in total. The molecule has 0 aliphatic carbocycles. The van der Waals surface area contributed by atoms with E-state index in [9.17, 15) is 27.9 Å². The van der Waals surface area contributed by atoms with E-state index in [1.165, 1.54) is 11.7 Å². The van der Waals surface area contributed by atoms with E-state index in [2.05, 4.69) is 0 Å². The largest absolute Gasteiger partial charge is 0.497 e. The zero-order valence-corrected chi connectivity index (χ0v) is 17.8. The van der Waals surface area contributed by atoms with Crippen molar-refractivity contribution in [1.29, 1.82) is 0 Å². The van der Waals surface area contributed by atoms with Crippen LogP contribution in [0.4, 0.5) is 13.2 Å². The van der Waals surface area contributed by atoms with Gasteiger partial charge in [-0.05, 0) is 31.2 Å². The van der Waals surface area contributed by atoms with E-state index >= 15 is 0 Å². The number of carbonyl (C=O) groups is 2. The fourth-order valence-electron chi connectivity index (χ4n) is 3.45. The molecule has 1 heterocycles. The molecule has 0 saturated carbocycles. The molecule has 176 valence electrons. The van der Waals surface area contributed by atoms with Gasteiger partial charge >= 0.3 is 12.1 Å². The molecule has 3 rings (SSSR count). The number of alkyl halides is 3. The second kappa shape index (κ2) is 9.63. The summed E-state index contributed by atoms with van der Waals surface area (Å²) in [5, 5.41) is 18.7. The highest BCUT2D eigenvalue weighted by atomic mass is 19.4. The predicted molar refractivity (Wildman–Crippen MR) is 112 cm³/mol. The number of aliphatic hydroxyl groups is 2. The normalized spacial score (nSPS) is 12.6. The van der Waals surface area contributed by atoms with Crippen LogP contribution < -0.4 is 4.74 Å². The number of hydrogen-bond donors (Lipinski definition) is 2. The topological polar surface area (TPSA) is 98.0 Å². The zero-order valence-electron chi connectivity index (χ0n) is 17.8. The Morgan fingerprint density at radius 2 is 1.79 bits per heavy atom. The van der Waals surface area contributed by atoms with Crippen molar-refractivity contribution in [1.82, 2.24) is 4.57 Å². The molecule has 2 N–H and O–H groups in total. The number of esters is 1. The van der Waals surface area contributed by atoms with Crippen LogP contribution in [0.15, 0.2) is 42.5 Å². The van der Waals surface area contributed by atoms with E-state index in [1.807, 2.05) is 0 Å². The molecule has 10 heteroatoms. The van der Waals surface area contributed by atoms with Crippen molar-refractivity contribution in [2.45, 2.75) is 25.7 Å². The average Bonchev–Trinajstić information content (AvgIpc) is 3.06. The summed E-state index contributed by atoms with van der Waals surface area (Å²) in [5.41, 5.74) is 0.325. The zero-order chi connectivity index (χ0) is 24.3. The lowest BCUT2D eigenvalue weighted by atomic mass is 9.99. The molecule has 0 fully saturated rings. The van der Waals surface area contributed by atoms with Crippen LogP contribution in [0.2, 0.25) is 0 Å². The highest BCUT2D eigenvalue weighted by molar-refractivity contribution is 6.17. The van der Waals surface area contributed by atoms with Crippen LogP contribution >= 0.6 is 0 Å². The van der Waals surface area contributed by atoms with E-state index in [1.54, 1.807) is 25.1 Å². The van der Waals surface area contributed by atoms with Gasteiger partial charge in [-0.1, -0.05) is 12.1 Å². The molecule has 2 aromatic carbocycles. The smallest absolute Gasteiger partial charge is 0.416 e. The van der Waals surface area contributed by atoms with Crippen LogP contribution in [0, 0.1) is 6.92 Å². The van der Waals surface area contributed by atoms with Crippen molar-refractivity contribution in [3.8, 4) is 5.75 Å². The molecular formula is C23H22F3NO6. The second-order valence-electron chi connectivity index (χ2n) is 7.35. The van der Waals surface area contributed by atoms with Gasteiger partial charge in [-0.2, -0.15) is 13.2 Å². The minimum absolute atomic E-state index is 0.0645. The maximum Gasteiger partial charge on any atom is 0.416 e. The second-order valence-corrected chi connectivity index (χ2v) is 7.35. The predicted octanol–water partition coefficient (Wildman–Crippen LogP) is 3.10. The van der Waals surface area contributed by atoms with E-state index in [0.29, 0.717) is 22.3 Å². The molecule has 0 aliphatic rings. The van der Waals surface area contributed by atoms with Gasteiger partial charge in [0.1, 0.15) is 25.0 Å². The number of nitrogens with zero attached hydrogens (tertiary/aromatic N) is 1. The lowest BCUT2D eigenvalue weighted by molar-refractivity contribution is -0.148. The maximum absolute atomic E-state index is 13.2.